The van der Waals surface area contributed by atoms with E-state index in [1.54, 1.807) is 24.3 Å². The van der Waals surface area contributed by atoms with Crippen LogP contribution in [0.5, 0.6) is 5.75 Å². The Kier molecular flexibility index (Phi) is 7.75. The number of nitriles is 1. The molecule has 1 aliphatic rings. The number of hydrogen-bond acceptors (Lipinski definition) is 7. The average molecular weight is 397 g/mol. The molecule has 0 bridgehead atoms. The minimum Gasteiger partial charge on any atom is -0.508 e. The first-order valence-electron chi connectivity index (χ1n) is 9.02. The van der Waals surface area contributed by atoms with Crippen LogP contribution in [-0.4, -0.2) is 35.9 Å². The van der Waals surface area contributed by atoms with Gasteiger partial charge < -0.3 is 19.3 Å². The monoisotopic (exact) mass is 397 g/mol. The van der Waals surface area contributed by atoms with E-state index in [-0.39, 0.29) is 18.5 Å². The summed E-state index contributed by atoms with van der Waals surface area (Å²) in [5.41, 5.74) is 0.911. The Labute approximate surface area is 169 Å². The number of phenolic OH excluding ortho intramolecular Hbond substituents is 1. The van der Waals surface area contributed by atoms with Gasteiger partial charge >= 0.3 is 11.9 Å². The predicted octanol–water partition coefficient (Wildman–Crippen LogP) is 3.57. The van der Waals surface area contributed by atoms with Crippen LogP contribution < -0.4 is 0 Å². The third kappa shape index (κ3) is 6.33. The number of carbonyl (C=O) groups excluding carboxylic acids is 2. The van der Waals surface area contributed by atoms with Gasteiger partial charge in [0, 0.05) is 20.8 Å². The van der Waals surface area contributed by atoms with Crippen molar-refractivity contribution in [3.8, 4) is 11.8 Å². The number of carbonyl (C=O) groups is 2. The van der Waals surface area contributed by atoms with Crippen LogP contribution in [0.25, 0.3) is 10.8 Å². The highest BCUT2D eigenvalue weighted by Crippen LogP contribution is 2.30. The Morgan fingerprint density at radius 1 is 1.10 bits per heavy atom. The zero-order chi connectivity index (χ0) is 21.4. The van der Waals surface area contributed by atoms with Crippen molar-refractivity contribution < 1.29 is 28.9 Å². The van der Waals surface area contributed by atoms with Gasteiger partial charge in [0.25, 0.3) is 0 Å². The summed E-state index contributed by atoms with van der Waals surface area (Å²) in [6, 6.07) is 12.7. The van der Waals surface area contributed by atoms with Crippen LogP contribution in [0.3, 0.4) is 0 Å². The van der Waals surface area contributed by atoms with E-state index >= 15 is 0 Å². The molecule has 0 amide bonds. The molecule has 0 unspecified atom stereocenters. The van der Waals surface area contributed by atoms with Gasteiger partial charge in [-0.25, -0.2) is 0 Å². The molecule has 1 N–H and O–H groups in total. The lowest BCUT2D eigenvalue weighted by Gasteiger charge is -2.31. The number of hydrogen-bond donors (Lipinski definition) is 1. The van der Waals surface area contributed by atoms with Crippen molar-refractivity contribution in [2.45, 2.75) is 39.1 Å². The van der Waals surface area contributed by atoms with E-state index in [2.05, 4.69) is 0 Å². The molecule has 2 aromatic rings. The normalized spacial score (nSPS) is 20.1. The van der Waals surface area contributed by atoms with E-state index in [4.69, 9.17) is 19.5 Å². The number of phenols is 1. The topological polar surface area (TPSA) is 106 Å². The first-order chi connectivity index (χ1) is 13.8. The number of ether oxygens (including phenoxy) is 3. The lowest BCUT2D eigenvalue weighted by molar-refractivity contribution is -0.163. The van der Waals surface area contributed by atoms with Gasteiger partial charge in [-0.3, -0.25) is 9.59 Å². The van der Waals surface area contributed by atoms with Crippen LogP contribution in [0.4, 0.5) is 0 Å². The van der Waals surface area contributed by atoms with E-state index < -0.39 is 24.1 Å². The maximum absolute atomic E-state index is 11.3. The molecule has 0 saturated carbocycles. The van der Waals surface area contributed by atoms with E-state index in [0.717, 1.165) is 16.3 Å². The van der Waals surface area contributed by atoms with Gasteiger partial charge in [0.2, 0.25) is 0 Å². The van der Waals surface area contributed by atoms with Crippen molar-refractivity contribution in [2.24, 2.45) is 0 Å². The lowest BCUT2D eigenvalue weighted by atomic mass is 10.00. The Bertz CT molecular complexity index is 946. The van der Waals surface area contributed by atoms with Crippen molar-refractivity contribution in [3.63, 3.8) is 0 Å². The zero-order valence-electron chi connectivity index (χ0n) is 16.5. The van der Waals surface area contributed by atoms with Gasteiger partial charge in [0.05, 0.1) is 6.07 Å². The Morgan fingerprint density at radius 3 is 2.41 bits per heavy atom. The molecule has 152 valence electrons. The van der Waals surface area contributed by atoms with Crippen LogP contribution in [0, 0.1) is 11.3 Å². The molecule has 1 heterocycles. The second-order valence-electron chi connectivity index (χ2n) is 6.37. The van der Waals surface area contributed by atoms with E-state index in [1.807, 2.05) is 30.3 Å². The second kappa shape index (κ2) is 10.2. The van der Waals surface area contributed by atoms with Gasteiger partial charge in [-0.1, -0.05) is 24.3 Å². The molecule has 0 radical (unpaired) electrons. The molecule has 2 aromatic carbocycles. The van der Waals surface area contributed by atoms with Gasteiger partial charge in [-0.15, -0.1) is 0 Å². The van der Waals surface area contributed by atoms with Crippen molar-refractivity contribution in [1.82, 2.24) is 0 Å². The summed E-state index contributed by atoms with van der Waals surface area (Å²) in [7, 11) is 0. The molecule has 3 rings (SSSR count). The molecule has 0 saturated heterocycles. The molecule has 0 aromatic heterocycles. The lowest BCUT2D eigenvalue weighted by Crippen LogP contribution is -2.39. The SMILES string of the molecule is CC#N.CC(=O)OC[C@H]1O[C@H](c2ccc3cc(O)ccc3c2)C=C[C@@H]1OC(C)=O. The number of esters is 2. The van der Waals surface area contributed by atoms with Gasteiger partial charge in [-0.05, 0) is 40.6 Å². The van der Waals surface area contributed by atoms with Crippen molar-refractivity contribution in [1.29, 1.82) is 5.26 Å². The quantitative estimate of drug-likeness (QED) is 0.621. The first-order valence-corrected chi connectivity index (χ1v) is 9.02. The summed E-state index contributed by atoms with van der Waals surface area (Å²) >= 11 is 0. The second-order valence-corrected chi connectivity index (χ2v) is 6.37. The summed E-state index contributed by atoms with van der Waals surface area (Å²) < 4.78 is 16.3. The largest absolute Gasteiger partial charge is 0.508 e. The van der Waals surface area contributed by atoms with Crippen LogP contribution in [-0.2, 0) is 23.8 Å². The average Bonchev–Trinajstić information content (AvgIpc) is 2.67. The Hall–Kier alpha value is -3.37. The highest BCUT2D eigenvalue weighted by Gasteiger charge is 2.31. The zero-order valence-corrected chi connectivity index (χ0v) is 16.5. The molecule has 1 aliphatic heterocycles. The maximum Gasteiger partial charge on any atom is 0.303 e. The van der Waals surface area contributed by atoms with Crippen molar-refractivity contribution in [3.05, 3.63) is 54.1 Å². The van der Waals surface area contributed by atoms with E-state index in [1.165, 1.54) is 20.8 Å². The molecule has 7 heteroatoms. The van der Waals surface area contributed by atoms with Gasteiger partial charge in [0.1, 0.15) is 30.7 Å². The highest BCUT2D eigenvalue weighted by atomic mass is 16.6. The Morgan fingerprint density at radius 2 is 1.76 bits per heavy atom. The number of aromatic hydroxyl groups is 1. The van der Waals surface area contributed by atoms with Crippen LogP contribution >= 0.6 is 0 Å². The fourth-order valence-electron chi connectivity index (χ4n) is 2.90. The third-order valence-electron chi connectivity index (χ3n) is 4.09. The van der Waals surface area contributed by atoms with Crippen molar-refractivity contribution >= 4 is 22.7 Å². The predicted molar refractivity (Wildman–Crippen MR) is 106 cm³/mol. The Balaban J connectivity index is 0.000000941. The summed E-state index contributed by atoms with van der Waals surface area (Å²) in [5.74, 6) is -0.642. The summed E-state index contributed by atoms with van der Waals surface area (Å²) in [4.78, 5) is 22.4. The molecular formula is C22H23NO6. The first kappa shape index (κ1) is 21.9. The van der Waals surface area contributed by atoms with Crippen molar-refractivity contribution in [2.75, 3.05) is 6.61 Å². The fourth-order valence-corrected chi connectivity index (χ4v) is 2.90. The number of fused-ring (bicyclic) bond motifs is 1. The minimum atomic E-state index is -0.611. The van der Waals surface area contributed by atoms with Crippen LogP contribution in [0.1, 0.15) is 32.4 Å². The smallest absolute Gasteiger partial charge is 0.303 e. The standard InChI is InChI=1S/C20H20O6.C2H3N/c1-12(21)24-11-20-19(25-13(2)22)8-7-18(26-20)16-4-3-15-10-17(23)6-5-14(15)9-16;1-2-3/h3-10,18-20,23H,11H2,1-2H3;1H3/t18-,19-,20+;/m0./s1. The molecular weight excluding hydrogens is 374 g/mol. The van der Waals surface area contributed by atoms with Crippen LogP contribution in [0.2, 0.25) is 0 Å². The number of rotatable bonds is 4. The minimum absolute atomic E-state index is 0.00439. The van der Waals surface area contributed by atoms with E-state index in [9.17, 15) is 14.7 Å². The van der Waals surface area contributed by atoms with E-state index in [0.29, 0.717) is 0 Å². The van der Waals surface area contributed by atoms with Gasteiger partial charge in [-0.2, -0.15) is 5.26 Å². The third-order valence-corrected chi connectivity index (χ3v) is 4.09. The summed E-state index contributed by atoms with van der Waals surface area (Å²) in [6.45, 7) is 4.06. The van der Waals surface area contributed by atoms with Gasteiger partial charge in [0.15, 0.2) is 0 Å². The molecule has 0 aliphatic carbocycles. The molecule has 29 heavy (non-hydrogen) atoms. The highest BCUT2D eigenvalue weighted by molar-refractivity contribution is 5.84. The number of nitrogens with zero attached hydrogens (tertiary/aromatic N) is 1. The number of benzene rings is 2. The fraction of sp³-hybridized carbons (Fsp3) is 0.318. The summed E-state index contributed by atoms with van der Waals surface area (Å²) in [6.07, 6.45) is 2.01. The molecule has 3 atom stereocenters. The summed E-state index contributed by atoms with van der Waals surface area (Å²) in [5, 5.41) is 18.8. The molecule has 0 fully saturated rings. The molecule has 0 spiro atoms. The van der Waals surface area contributed by atoms with Crippen LogP contribution in [0.15, 0.2) is 48.6 Å². The molecule has 7 nitrogen and oxygen atoms in total. The maximum atomic E-state index is 11.3.